The molecule has 0 fully saturated rings. The number of hydrogen-bond acceptors (Lipinski definition) is 1. The summed E-state index contributed by atoms with van der Waals surface area (Å²) in [5.74, 6) is -5.95. The average molecular weight is 298 g/mol. The molecule has 7 heteroatoms. The first kappa shape index (κ1) is 16.5. The van der Waals surface area contributed by atoms with Crippen LogP contribution in [-0.4, -0.2) is 18.1 Å². The summed E-state index contributed by atoms with van der Waals surface area (Å²) in [5.41, 5.74) is 0.347. The Kier molecular flexibility index (Phi) is 4.22. The number of alkyl halides is 6. The van der Waals surface area contributed by atoms with E-state index in [9.17, 15) is 31.1 Å². The summed E-state index contributed by atoms with van der Waals surface area (Å²) in [6.45, 7) is 4.27. The fourth-order valence-corrected chi connectivity index (χ4v) is 2.20. The lowest BCUT2D eigenvalue weighted by molar-refractivity contribution is -0.264. The van der Waals surface area contributed by atoms with Crippen LogP contribution < -0.4 is 0 Å². The molecule has 0 atom stereocenters. The van der Waals surface area contributed by atoms with Crippen molar-refractivity contribution >= 4 is 5.78 Å². The molecule has 20 heavy (non-hydrogen) atoms. The topological polar surface area (TPSA) is 17.1 Å². The fraction of sp³-hybridized carbons (Fsp3) is 0.462. The highest BCUT2D eigenvalue weighted by molar-refractivity contribution is 6.01. The number of hydrogen-bond donors (Lipinski definition) is 0. The Labute approximate surface area is 111 Å². The molecular weight excluding hydrogens is 286 g/mol. The maximum absolute atomic E-state index is 12.6. The van der Waals surface area contributed by atoms with Crippen LogP contribution in [0.1, 0.15) is 27.0 Å². The molecule has 0 saturated carbocycles. The fourth-order valence-electron chi connectivity index (χ4n) is 2.20. The second-order valence-corrected chi connectivity index (χ2v) is 4.65. The van der Waals surface area contributed by atoms with Crippen molar-refractivity contribution in [3.63, 3.8) is 0 Å². The smallest absolute Gasteiger partial charge is 0.293 e. The minimum absolute atomic E-state index is 0.103. The maximum atomic E-state index is 12.6. The molecule has 1 rings (SSSR count). The highest BCUT2D eigenvalue weighted by atomic mass is 19.4. The lowest BCUT2D eigenvalue weighted by Gasteiger charge is -2.23. The summed E-state index contributed by atoms with van der Waals surface area (Å²) in [5, 5.41) is 0. The number of ketones is 1. The van der Waals surface area contributed by atoms with Crippen LogP contribution in [0.4, 0.5) is 26.3 Å². The van der Waals surface area contributed by atoms with Gasteiger partial charge in [0.15, 0.2) is 5.78 Å². The van der Waals surface area contributed by atoms with Crippen molar-refractivity contribution in [2.24, 2.45) is 5.92 Å². The highest BCUT2D eigenvalue weighted by Crippen LogP contribution is 2.42. The van der Waals surface area contributed by atoms with Crippen LogP contribution in [0.25, 0.3) is 0 Å². The van der Waals surface area contributed by atoms with E-state index >= 15 is 0 Å². The van der Waals surface area contributed by atoms with E-state index in [2.05, 4.69) is 0 Å². The number of aryl methyl sites for hydroxylation is 3. The van der Waals surface area contributed by atoms with Gasteiger partial charge in [0.25, 0.3) is 0 Å². The number of rotatable bonds is 2. The second-order valence-electron chi connectivity index (χ2n) is 4.65. The Hall–Kier alpha value is -1.53. The molecule has 0 saturated heterocycles. The van der Waals surface area contributed by atoms with Crippen LogP contribution in [0.3, 0.4) is 0 Å². The molecule has 0 radical (unpaired) electrons. The first-order valence-corrected chi connectivity index (χ1v) is 5.61. The van der Waals surface area contributed by atoms with E-state index in [-0.39, 0.29) is 11.1 Å². The quantitative estimate of drug-likeness (QED) is 0.579. The van der Waals surface area contributed by atoms with Gasteiger partial charge in [-0.1, -0.05) is 17.7 Å². The van der Waals surface area contributed by atoms with E-state index in [1.807, 2.05) is 0 Å². The molecule has 0 unspecified atom stereocenters. The molecule has 0 N–H and O–H groups in total. The summed E-state index contributed by atoms with van der Waals surface area (Å²) >= 11 is 0. The van der Waals surface area contributed by atoms with Gasteiger partial charge in [-0.3, -0.25) is 4.79 Å². The lowest BCUT2D eigenvalue weighted by atomic mass is 9.89. The van der Waals surface area contributed by atoms with Crippen LogP contribution in [0, 0.1) is 26.7 Å². The van der Waals surface area contributed by atoms with Gasteiger partial charge in [0.05, 0.1) is 0 Å². The monoisotopic (exact) mass is 298 g/mol. The van der Waals surface area contributed by atoms with Gasteiger partial charge in [-0.25, -0.2) is 0 Å². The summed E-state index contributed by atoms with van der Waals surface area (Å²) in [4.78, 5) is 11.8. The Morgan fingerprint density at radius 1 is 0.900 bits per heavy atom. The van der Waals surface area contributed by atoms with Gasteiger partial charge in [0.1, 0.15) is 0 Å². The Morgan fingerprint density at radius 3 is 1.55 bits per heavy atom. The number of halogens is 6. The van der Waals surface area contributed by atoms with E-state index in [1.54, 1.807) is 6.92 Å². The first-order valence-electron chi connectivity index (χ1n) is 5.61. The minimum Gasteiger partial charge on any atom is -0.293 e. The third-order valence-corrected chi connectivity index (χ3v) is 2.84. The third-order valence-electron chi connectivity index (χ3n) is 2.84. The molecule has 0 aliphatic heterocycles. The summed E-state index contributed by atoms with van der Waals surface area (Å²) in [6, 6.07) is 2.76. The van der Waals surface area contributed by atoms with Gasteiger partial charge in [0.2, 0.25) is 5.92 Å². The number of carbonyl (C=O) groups is 1. The molecule has 112 valence electrons. The molecule has 0 bridgehead atoms. The summed E-state index contributed by atoms with van der Waals surface area (Å²) in [6.07, 6.45) is -11.3. The number of Topliss-reactive ketones (excluding diaryl/α,β-unsaturated/α-hetero) is 1. The zero-order valence-corrected chi connectivity index (χ0v) is 10.9. The number of carbonyl (C=O) groups excluding carboxylic acids is 1. The normalized spacial score (nSPS) is 12.9. The molecule has 0 aliphatic carbocycles. The van der Waals surface area contributed by atoms with E-state index in [1.165, 1.54) is 26.0 Å². The molecular formula is C13H12F6O. The molecule has 1 aromatic rings. The summed E-state index contributed by atoms with van der Waals surface area (Å²) < 4.78 is 75.3. The third kappa shape index (κ3) is 3.32. The van der Waals surface area contributed by atoms with Gasteiger partial charge in [-0.15, -0.1) is 0 Å². The van der Waals surface area contributed by atoms with Crippen LogP contribution in [0.15, 0.2) is 12.1 Å². The van der Waals surface area contributed by atoms with Crippen molar-refractivity contribution in [2.45, 2.75) is 33.1 Å². The SMILES string of the molecule is Cc1cc(C)c(C(=O)C(C(F)(F)F)C(F)(F)F)c(C)c1. The van der Waals surface area contributed by atoms with Crippen molar-refractivity contribution in [1.29, 1.82) is 0 Å². The zero-order chi connectivity index (χ0) is 15.9. The van der Waals surface area contributed by atoms with Crippen LogP contribution in [0.2, 0.25) is 0 Å². The van der Waals surface area contributed by atoms with Gasteiger partial charge in [-0.2, -0.15) is 26.3 Å². The second kappa shape index (κ2) is 5.10. The lowest BCUT2D eigenvalue weighted by Crippen LogP contribution is -2.42. The van der Waals surface area contributed by atoms with Gasteiger partial charge >= 0.3 is 12.4 Å². The predicted molar refractivity (Wildman–Crippen MR) is 60.6 cm³/mol. The predicted octanol–water partition coefficient (Wildman–Crippen LogP) is 4.54. The molecule has 1 aromatic carbocycles. The van der Waals surface area contributed by atoms with Crippen molar-refractivity contribution in [3.8, 4) is 0 Å². The molecule has 0 heterocycles. The Bertz CT molecular complexity index is 490. The van der Waals surface area contributed by atoms with E-state index in [4.69, 9.17) is 0 Å². The van der Waals surface area contributed by atoms with Crippen LogP contribution in [-0.2, 0) is 0 Å². The molecule has 0 amide bonds. The zero-order valence-electron chi connectivity index (χ0n) is 10.9. The van der Waals surface area contributed by atoms with Crippen LogP contribution in [0.5, 0.6) is 0 Å². The van der Waals surface area contributed by atoms with Gasteiger partial charge < -0.3 is 0 Å². The Morgan fingerprint density at radius 2 is 1.25 bits per heavy atom. The van der Waals surface area contributed by atoms with Gasteiger partial charge in [0, 0.05) is 5.56 Å². The molecule has 0 aromatic heterocycles. The minimum atomic E-state index is -5.67. The Balaban J connectivity index is 3.42. The van der Waals surface area contributed by atoms with E-state index in [0.717, 1.165) is 0 Å². The van der Waals surface area contributed by atoms with Crippen molar-refractivity contribution < 1.29 is 31.1 Å². The standard InChI is InChI=1S/C13H12F6O/c1-6-4-7(2)9(8(3)5-6)10(20)11(12(14,15)16)13(17,18)19/h4-5,11H,1-3H3. The van der Waals surface area contributed by atoms with E-state index in [0.29, 0.717) is 5.56 Å². The van der Waals surface area contributed by atoms with Gasteiger partial charge in [-0.05, 0) is 31.9 Å². The highest BCUT2D eigenvalue weighted by Gasteiger charge is 2.61. The summed E-state index contributed by atoms with van der Waals surface area (Å²) in [7, 11) is 0. The molecule has 0 spiro atoms. The molecule has 1 nitrogen and oxygen atoms in total. The maximum Gasteiger partial charge on any atom is 0.407 e. The van der Waals surface area contributed by atoms with Crippen molar-refractivity contribution in [1.82, 2.24) is 0 Å². The van der Waals surface area contributed by atoms with E-state index < -0.39 is 29.6 Å². The number of benzene rings is 1. The average Bonchev–Trinajstić information content (AvgIpc) is 2.09. The first-order chi connectivity index (χ1) is 8.85. The largest absolute Gasteiger partial charge is 0.407 e. The van der Waals surface area contributed by atoms with Crippen molar-refractivity contribution in [3.05, 3.63) is 34.4 Å². The molecule has 0 aliphatic rings. The van der Waals surface area contributed by atoms with Crippen molar-refractivity contribution in [2.75, 3.05) is 0 Å². The van der Waals surface area contributed by atoms with Crippen LogP contribution >= 0.6 is 0 Å².